The molecule has 0 atom stereocenters. The molecule has 0 saturated carbocycles. The normalized spacial score (nSPS) is 10.4. The highest BCUT2D eigenvalue weighted by molar-refractivity contribution is 5.75. The molecule has 0 aliphatic carbocycles. The van der Waals surface area contributed by atoms with E-state index in [0.717, 1.165) is 24.8 Å². The van der Waals surface area contributed by atoms with Crippen LogP contribution in [0.25, 0.3) is 0 Å². The van der Waals surface area contributed by atoms with Gasteiger partial charge in [0.2, 0.25) is 11.5 Å². The molecule has 0 aromatic carbocycles. The van der Waals surface area contributed by atoms with Crippen LogP contribution in [0.1, 0.15) is 51.0 Å². The van der Waals surface area contributed by atoms with Gasteiger partial charge in [-0.15, -0.1) is 0 Å². The van der Waals surface area contributed by atoms with Crippen molar-refractivity contribution in [1.82, 2.24) is 10.3 Å². The van der Waals surface area contributed by atoms with Crippen molar-refractivity contribution in [1.29, 1.82) is 0 Å². The zero-order valence-electron chi connectivity index (χ0n) is 11.7. The van der Waals surface area contributed by atoms with Crippen LogP contribution in [0.5, 0.6) is 0 Å². The van der Waals surface area contributed by atoms with Gasteiger partial charge in [0.25, 0.3) is 0 Å². The van der Waals surface area contributed by atoms with Gasteiger partial charge >= 0.3 is 0 Å². The van der Waals surface area contributed by atoms with Crippen LogP contribution in [0.3, 0.4) is 0 Å². The topological polar surface area (TPSA) is 62.0 Å². The van der Waals surface area contributed by atoms with Crippen molar-refractivity contribution in [3.8, 4) is 0 Å². The number of aromatic amines is 1. The van der Waals surface area contributed by atoms with Gasteiger partial charge in [-0.25, -0.2) is 0 Å². The molecule has 0 spiro atoms. The Morgan fingerprint density at radius 2 is 2.00 bits per heavy atom. The molecule has 1 amide bonds. The van der Waals surface area contributed by atoms with E-state index in [1.807, 2.05) is 0 Å². The maximum Gasteiger partial charge on any atom is 0.247 e. The Labute approximate surface area is 114 Å². The zero-order chi connectivity index (χ0) is 13.9. The highest BCUT2D eigenvalue weighted by Crippen LogP contribution is 2.04. The van der Waals surface area contributed by atoms with Gasteiger partial charge in [0.15, 0.2) is 0 Å². The lowest BCUT2D eigenvalue weighted by Gasteiger charge is -2.05. The van der Waals surface area contributed by atoms with Crippen LogP contribution < -0.4 is 10.9 Å². The fourth-order valence-corrected chi connectivity index (χ4v) is 1.92. The summed E-state index contributed by atoms with van der Waals surface area (Å²) in [7, 11) is 0. The number of rotatable bonds is 9. The monoisotopic (exact) mass is 264 g/mol. The number of hydrogen-bond acceptors (Lipinski definition) is 2. The van der Waals surface area contributed by atoms with E-state index in [1.165, 1.54) is 25.3 Å². The van der Waals surface area contributed by atoms with E-state index < -0.39 is 0 Å². The number of carbonyl (C=O) groups is 1. The van der Waals surface area contributed by atoms with Crippen LogP contribution in [0.4, 0.5) is 0 Å². The average Bonchev–Trinajstić information content (AvgIpc) is 2.41. The summed E-state index contributed by atoms with van der Waals surface area (Å²) in [6.45, 7) is 2.81. The lowest BCUT2D eigenvalue weighted by Crippen LogP contribution is -2.25. The molecule has 0 saturated heterocycles. The predicted octanol–water partition coefficient (Wildman–Crippen LogP) is 2.39. The van der Waals surface area contributed by atoms with Gasteiger partial charge in [0, 0.05) is 25.2 Å². The summed E-state index contributed by atoms with van der Waals surface area (Å²) < 4.78 is 0. The third kappa shape index (κ3) is 7.44. The predicted molar refractivity (Wildman–Crippen MR) is 77.2 cm³/mol. The molecule has 0 aliphatic rings. The number of H-pyrrole nitrogens is 1. The quantitative estimate of drug-likeness (QED) is 0.673. The summed E-state index contributed by atoms with van der Waals surface area (Å²) in [6.07, 6.45) is 8.89. The molecule has 0 fully saturated rings. The van der Waals surface area contributed by atoms with Crippen molar-refractivity contribution in [3.05, 3.63) is 34.2 Å². The van der Waals surface area contributed by atoms with Crippen molar-refractivity contribution in [2.24, 2.45) is 0 Å². The first-order valence-corrected chi connectivity index (χ1v) is 7.16. The smallest absolute Gasteiger partial charge is 0.247 e. The van der Waals surface area contributed by atoms with Gasteiger partial charge in [-0.1, -0.05) is 38.7 Å². The highest BCUT2D eigenvalue weighted by atomic mass is 16.1. The Morgan fingerprint density at radius 3 is 2.68 bits per heavy atom. The minimum Gasteiger partial charge on any atom is -0.356 e. The van der Waals surface area contributed by atoms with E-state index in [-0.39, 0.29) is 11.5 Å². The molecule has 19 heavy (non-hydrogen) atoms. The van der Waals surface area contributed by atoms with Gasteiger partial charge in [-0.3, -0.25) is 9.59 Å². The molecule has 2 N–H and O–H groups in total. The Balaban J connectivity index is 2.07. The standard InChI is InChI=1S/C15H24N2O2/c1-2-3-4-5-6-7-14(18)16-11-10-13-8-9-15(19)17-12-13/h8-9,12H,2-7,10-11H2,1H3,(H,16,18)(H,17,19). The Morgan fingerprint density at radius 1 is 1.21 bits per heavy atom. The Hall–Kier alpha value is -1.58. The largest absolute Gasteiger partial charge is 0.356 e. The molecule has 4 heteroatoms. The number of nitrogens with one attached hydrogen (secondary N) is 2. The van der Waals surface area contributed by atoms with Crippen LogP contribution >= 0.6 is 0 Å². The van der Waals surface area contributed by atoms with Gasteiger partial charge < -0.3 is 10.3 Å². The minimum atomic E-state index is -0.0973. The molecular weight excluding hydrogens is 240 g/mol. The molecule has 0 unspecified atom stereocenters. The first-order chi connectivity index (χ1) is 9.22. The van der Waals surface area contributed by atoms with E-state index >= 15 is 0 Å². The summed E-state index contributed by atoms with van der Waals surface area (Å²) in [5.74, 6) is 0.126. The van der Waals surface area contributed by atoms with Gasteiger partial charge in [0.05, 0.1) is 0 Å². The van der Waals surface area contributed by atoms with Crippen molar-refractivity contribution in [2.75, 3.05) is 6.54 Å². The molecule has 0 bridgehead atoms. The lowest BCUT2D eigenvalue weighted by molar-refractivity contribution is -0.121. The third-order valence-electron chi connectivity index (χ3n) is 3.09. The molecule has 1 rings (SSSR count). The molecular formula is C15H24N2O2. The van der Waals surface area contributed by atoms with E-state index in [0.29, 0.717) is 13.0 Å². The summed E-state index contributed by atoms with van der Waals surface area (Å²) >= 11 is 0. The van der Waals surface area contributed by atoms with Gasteiger partial charge in [-0.05, 0) is 18.4 Å². The Kier molecular flexibility index (Phi) is 7.63. The van der Waals surface area contributed by atoms with E-state index in [1.54, 1.807) is 12.3 Å². The van der Waals surface area contributed by atoms with E-state index in [4.69, 9.17) is 0 Å². The highest BCUT2D eigenvalue weighted by Gasteiger charge is 2.00. The molecule has 1 heterocycles. The summed E-state index contributed by atoms with van der Waals surface area (Å²) in [6, 6.07) is 3.29. The number of hydrogen-bond donors (Lipinski definition) is 2. The maximum atomic E-state index is 11.6. The first-order valence-electron chi connectivity index (χ1n) is 7.16. The maximum absolute atomic E-state index is 11.6. The van der Waals surface area contributed by atoms with Gasteiger partial charge in [-0.2, -0.15) is 0 Å². The van der Waals surface area contributed by atoms with Crippen LogP contribution in [0.2, 0.25) is 0 Å². The molecule has 0 aliphatic heterocycles. The zero-order valence-corrected chi connectivity index (χ0v) is 11.7. The fourth-order valence-electron chi connectivity index (χ4n) is 1.92. The molecule has 1 aromatic heterocycles. The minimum absolute atomic E-state index is 0.0973. The molecule has 4 nitrogen and oxygen atoms in total. The molecule has 1 aromatic rings. The lowest BCUT2D eigenvalue weighted by atomic mass is 10.1. The van der Waals surface area contributed by atoms with Crippen LogP contribution in [-0.4, -0.2) is 17.4 Å². The van der Waals surface area contributed by atoms with Gasteiger partial charge in [0.1, 0.15) is 0 Å². The SMILES string of the molecule is CCCCCCCC(=O)NCCc1ccc(=O)[nH]c1. The summed E-state index contributed by atoms with van der Waals surface area (Å²) in [5, 5.41) is 2.91. The number of amides is 1. The number of pyridine rings is 1. The van der Waals surface area contributed by atoms with Crippen molar-refractivity contribution in [2.45, 2.75) is 51.9 Å². The summed E-state index contributed by atoms with van der Waals surface area (Å²) in [4.78, 5) is 25.0. The number of aromatic nitrogens is 1. The van der Waals surface area contributed by atoms with Crippen LogP contribution in [0, 0.1) is 0 Å². The van der Waals surface area contributed by atoms with E-state index in [9.17, 15) is 9.59 Å². The molecule has 0 radical (unpaired) electrons. The fraction of sp³-hybridized carbons (Fsp3) is 0.600. The average molecular weight is 264 g/mol. The first kappa shape index (κ1) is 15.5. The second kappa shape index (κ2) is 9.36. The third-order valence-corrected chi connectivity index (χ3v) is 3.09. The number of carbonyl (C=O) groups excluding carboxylic acids is 1. The van der Waals surface area contributed by atoms with E-state index in [2.05, 4.69) is 17.2 Å². The van der Waals surface area contributed by atoms with Crippen LogP contribution in [-0.2, 0) is 11.2 Å². The number of unbranched alkanes of at least 4 members (excludes halogenated alkanes) is 4. The second-order valence-electron chi connectivity index (χ2n) is 4.83. The van der Waals surface area contributed by atoms with Crippen molar-refractivity contribution >= 4 is 5.91 Å². The Bertz CT molecular complexity index is 406. The summed E-state index contributed by atoms with van der Waals surface area (Å²) in [5.41, 5.74) is 0.933. The van der Waals surface area contributed by atoms with Crippen molar-refractivity contribution in [3.63, 3.8) is 0 Å². The van der Waals surface area contributed by atoms with Crippen molar-refractivity contribution < 1.29 is 4.79 Å². The molecule has 106 valence electrons. The second-order valence-corrected chi connectivity index (χ2v) is 4.83. The van der Waals surface area contributed by atoms with Crippen LogP contribution in [0.15, 0.2) is 23.1 Å².